The maximum atomic E-state index is 4.84. The Morgan fingerprint density at radius 3 is 2.50 bits per heavy atom. The standard InChI is InChI=1S/C14H22IN3/c1-9(2)8-11-12(15)14(16-3)18-13(17-11)10-6-4-5-7-10/h9-10H,4-8H2,1-3H3,(H,16,17,18). The van der Waals surface area contributed by atoms with E-state index in [0.717, 1.165) is 18.1 Å². The Labute approximate surface area is 123 Å². The summed E-state index contributed by atoms with van der Waals surface area (Å²) in [7, 11) is 1.95. The lowest BCUT2D eigenvalue weighted by atomic mass is 10.1. The Morgan fingerprint density at radius 1 is 1.28 bits per heavy atom. The zero-order chi connectivity index (χ0) is 13.1. The maximum absolute atomic E-state index is 4.84. The molecule has 1 N–H and O–H groups in total. The molecule has 2 rings (SSSR count). The van der Waals surface area contributed by atoms with E-state index >= 15 is 0 Å². The molecule has 1 aromatic heterocycles. The molecule has 1 fully saturated rings. The molecule has 0 saturated heterocycles. The van der Waals surface area contributed by atoms with Crippen molar-refractivity contribution in [2.24, 2.45) is 5.92 Å². The molecule has 3 nitrogen and oxygen atoms in total. The topological polar surface area (TPSA) is 37.8 Å². The van der Waals surface area contributed by atoms with Gasteiger partial charge in [0.25, 0.3) is 0 Å². The summed E-state index contributed by atoms with van der Waals surface area (Å²) in [6.45, 7) is 4.49. The van der Waals surface area contributed by atoms with Crippen LogP contribution in [0.25, 0.3) is 0 Å². The minimum Gasteiger partial charge on any atom is -0.372 e. The van der Waals surface area contributed by atoms with Crippen molar-refractivity contribution >= 4 is 28.4 Å². The van der Waals surface area contributed by atoms with E-state index in [1.54, 1.807) is 0 Å². The first kappa shape index (κ1) is 14.0. The molecule has 0 aromatic carbocycles. The Kier molecular flexibility index (Phi) is 4.81. The first-order valence-electron chi connectivity index (χ1n) is 6.86. The smallest absolute Gasteiger partial charge is 0.143 e. The first-order chi connectivity index (χ1) is 8.61. The van der Waals surface area contributed by atoms with Gasteiger partial charge in [0.2, 0.25) is 0 Å². The van der Waals surface area contributed by atoms with Gasteiger partial charge in [-0.1, -0.05) is 26.7 Å². The Balaban J connectivity index is 2.35. The largest absolute Gasteiger partial charge is 0.372 e. The molecule has 0 unspecified atom stereocenters. The highest BCUT2D eigenvalue weighted by atomic mass is 127. The van der Waals surface area contributed by atoms with Gasteiger partial charge in [-0.15, -0.1) is 0 Å². The van der Waals surface area contributed by atoms with Crippen LogP contribution in [0.5, 0.6) is 0 Å². The molecule has 4 heteroatoms. The SMILES string of the molecule is CNc1nc(C2CCCC2)nc(CC(C)C)c1I. The van der Waals surface area contributed by atoms with Crippen LogP contribution in [-0.4, -0.2) is 17.0 Å². The molecule has 1 saturated carbocycles. The van der Waals surface area contributed by atoms with E-state index in [4.69, 9.17) is 9.97 Å². The molecule has 0 aliphatic heterocycles. The molecular weight excluding hydrogens is 337 g/mol. The lowest BCUT2D eigenvalue weighted by Gasteiger charge is -2.15. The molecule has 0 bridgehead atoms. The molecule has 0 amide bonds. The molecule has 1 aliphatic rings. The van der Waals surface area contributed by atoms with Gasteiger partial charge in [0.15, 0.2) is 0 Å². The van der Waals surface area contributed by atoms with Gasteiger partial charge in [0.05, 0.1) is 9.26 Å². The van der Waals surface area contributed by atoms with Crippen molar-refractivity contribution in [2.45, 2.75) is 51.9 Å². The second-order valence-electron chi connectivity index (χ2n) is 5.52. The van der Waals surface area contributed by atoms with E-state index in [1.165, 1.54) is 34.9 Å². The molecule has 1 heterocycles. The van der Waals surface area contributed by atoms with Gasteiger partial charge < -0.3 is 5.32 Å². The highest BCUT2D eigenvalue weighted by molar-refractivity contribution is 14.1. The normalized spacial score (nSPS) is 16.5. The lowest BCUT2D eigenvalue weighted by Crippen LogP contribution is -2.11. The van der Waals surface area contributed by atoms with Crippen LogP contribution < -0.4 is 5.32 Å². The number of hydrogen-bond donors (Lipinski definition) is 1. The Hall–Kier alpha value is -0.390. The molecular formula is C14H22IN3. The van der Waals surface area contributed by atoms with E-state index in [0.29, 0.717) is 11.8 Å². The lowest BCUT2D eigenvalue weighted by molar-refractivity contribution is 0.611. The van der Waals surface area contributed by atoms with Gasteiger partial charge in [0.1, 0.15) is 11.6 Å². The van der Waals surface area contributed by atoms with Crippen LogP contribution in [0.2, 0.25) is 0 Å². The van der Waals surface area contributed by atoms with Crippen molar-refractivity contribution in [2.75, 3.05) is 12.4 Å². The average Bonchev–Trinajstić information content (AvgIpc) is 2.84. The zero-order valence-electron chi connectivity index (χ0n) is 11.5. The maximum Gasteiger partial charge on any atom is 0.143 e. The predicted octanol–water partition coefficient (Wildman–Crippen LogP) is 3.98. The van der Waals surface area contributed by atoms with E-state index in [-0.39, 0.29) is 0 Å². The predicted molar refractivity (Wildman–Crippen MR) is 84.0 cm³/mol. The third kappa shape index (κ3) is 3.13. The summed E-state index contributed by atoms with van der Waals surface area (Å²) in [5.74, 6) is 3.28. The van der Waals surface area contributed by atoms with Crippen molar-refractivity contribution < 1.29 is 0 Å². The summed E-state index contributed by atoms with van der Waals surface area (Å²) < 4.78 is 1.19. The fourth-order valence-corrected chi connectivity index (χ4v) is 3.30. The molecule has 0 spiro atoms. The minimum atomic E-state index is 0.583. The van der Waals surface area contributed by atoms with E-state index in [1.807, 2.05) is 7.05 Å². The third-order valence-corrected chi connectivity index (χ3v) is 4.63. The summed E-state index contributed by atoms with van der Waals surface area (Å²) in [6.07, 6.45) is 6.20. The quantitative estimate of drug-likeness (QED) is 0.827. The van der Waals surface area contributed by atoms with Crippen molar-refractivity contribution in [3.8, 4) is 0 Å². The van der Waals surface area contributed by atoms with Crippen LogP contribution in [0.1, 0.15) is 57.0 Å². The highest BCUT2D eigenvalue weighted by Gasteiger charge is 2.22. The van der Waals surface area contributed by atoms with Gasteiger partial charge in [-0.25, -0.2) is 9.97 Å². The number of anilines is 1. The number of nitrogens with zero attached hydrogens (tertiary/aromatic N) is 2. The monoisotopic (exact) mass is 359 g/mol. The fourth-order valence-electron chi connectivity index (χ4n) is 2.57. The third-order valence-electron chi connectivity index (χ3n) is 3.50. The van der Waals surface area contributed by atoms with Crippen LogP contribution in [-0.2, 0) is 6.42 Å². The van der Waals surface area contributed by atoms with Crippen LogP contribution >= 0.6 is 22.6 Å². The number of hydrogen-bond acceptors (Lipinski definition) is 3. The Morgan fingerprint density at radius 2 is 1.94 bits per heavy atom. The van der Waals surface area contributed by atoms with Crippen molar-refractivity contribution in [3.05, 3.63) is 15.1 Å². The van der Waals surface area contributed by atoms with E-state index in [9.17, 15) is 0 Å². The van der Waals surface area contributed by atoms with Gasteiger partial charge in [-0.2, -0.15) is 0 Å². The molecule has 18 heavy (non-hydrogen) atoms. The number of rotatable bonds is 4. The van der Waals surface area contributed by atoms with Gasteiger partial charge in [-0.05, 0) is 47.8 Å². The number of halogens is 1. The fraction of sp³-hybridized carbons (Fsp3) is 0.714. The van der Waals surface area contributed by atoms with Gasteiger partial charge in [-0.3, -0.25) is 0 Å². The molecule has 1 aliphatic carbocycles. The minimum absolute atomic E-state index is 0.583. The summed E-state index contributed by atoms with van der Waals surface area (Å²) in [4.78, 5) is 9.56. The molecule has 0 radical (unpaired) electrons. The number of nitrogens with one attached hydrogen (secondary N) is 1. The van der Waals surface area contributed by atoms with E-state index < -0.39 is 0 Å². The van der Waals surface area contributed by atoms with Crippen molar-refractivity contribution in [3.63, 3.8) is 0 Å². The summed E-state index contributed by atoms with van der Waals surface area (Å²) in [6, 6.07) is 0. The summed E-state index contributed by atoms with van der Waals surface area (Å²) in [5, 5.41) is 3.21. The number of aromatic nitrogens is 2. The Bertz CT molecular complexity index is 412. The molecule has 100 valence electrons. The molecule has 1 aromatic rings. The second-order valence-corrected chi connectivity index (χ2v) is 6.60. The second kappa shape index (κ2) is 6.17. The summed E-state index contributed by atoms with van der Waals surface area (Å²) >= 11 is 2.37. The van der Waals surface area contributed by atoms with Crippen LogP contribution in [0.4, 0.5) is 5.82 Å². The molecule has 0 atom stereocenters. The van der Waals surface area contributed by atoms with Gasteiger partial charge in [0, 0.05) is 13.0 Å². The average molecular weight is 359 g/mol. The van der Waals surface area contributed by atoms with Gasteiger partial charge >= 0.3 is 0 Å². The zero-order valence-corrected chi connectivity index (χ0v) is 13.6. The van der Waals surface area contributed by atoms with Crippen LogP contribution in [0.3, 0.4) is 0 Å². The summed E-state index contributed by atoms with van der Waals surface area (Å²) in [5.41, 5.74) is 1.21. The van der Waals surface area contributed by atoms with E-state index in [2.05, 4.69) is 41.8 Å². The van der Waals surface area contributed by atoms with Crippen LogP contribution in [0, 0.1) is 9.49 Å². The highest BCUT2D eigenvalue weighted by Crippen LogP contribution is 2.34. The van der Waals surface area contributed by atoms with Crippen molar-refractivity contribution in [1.82, 2.24) is 9.97 Å². The van der Waals surface area contributed by atoms with Crippen molar-refractivity contribution in [1.29, 1.82) is 0 Å². The van der Waals surface area contributed by atoms with Crippen LogP contribution in [0.15, 0.2) is 0 Å². The first-order valence-corrected chi connectivity index (χ1v) is 7.93.